The normalized spacial score (nSPS) is 11.0. The Kier molecular flexibility index (Phi) is 6.10. The van der Waals surface area contributed by atoms with Gasteiger partial charge in [-0.1, -0.05) is 23.7 Å². The molecular weight excluding hydrogens is 414 g/mol. The molecular formula is C21H18ClNO5S. The SMILES string of the molecule is COc1ccc(-c2cc(C(=O)NS(C)(=O)=O)ccc2Oc2ccc(Cl)cc2)cc1. The number of carbonyl (C=O) groups excluding carboxylic acids is 1. The number of rotatable bonds is 6. The molecule has 0 heterocycles. The number of methoxy groups -OCH3 is 1. The molecule has 0 radical (unpaired) electrons. The second-order valence-corrected chi connectivity index (χ2v) is 8.38. The van der Waals surface area contributed by atoms with E-state index < -0.39 is 15.9 Å². The van der Waals surface area contributed by atoms with E-state index in [0.29, 0.717) is 27.8 Å². The maximum Gasteiger partial charge on any atom is 0.264 e. The molecule has 1 N–H and O–H groups in total. The van der Waals surface area contributed by atoms with Crippen LogP contribution in [0.4, 0.5) is 0 Å². The monoisotopic (exact) mass is 431 g/mol. The van der Waals surface area contributed by atoms with Crippen LogP contribution in [0.2, 0.25) is 5.02 Å². The van der Waals surface area contributed by atoms with Gasteiger partial charge in [-0.25, -0.2) is 13.1 Å². The van der Waals surface area contributed by atoms with Gasteiger partial charge in [0.1, 0.15) is 17.2 Å². The van der Waals surface area contributed by atoms with Gasteiger partial charge in [-0.3, -0.25) is 4.79 Å². The minimum Gasteiger partial charge on any atom is -0.497 e. The molecule has 3 aromatic rings. The Balaban J connectivity index is 2.04. The van der Waals surface area contributed by atoms with Crippen molar-refractivity contribution in [2.45, 2.75) is 0 Å². The van der Waals surface area contributed by atoms with Crippen molar-refractivity contribution in [3.8, 4) is 28.4 Å². The largest absolute Gasteiger partial charge is 0.497 e. The van der Waals surface area contributed by atoms with E-state index in [-0.39, 0.29) is 5.56 Å². The molecule has 6 nitrogen and oxygen atoms in total. The van der Waals surface area contributed by atoms with E-state index in [1.807, 2.05) is 16.9 Å². The number of nitrogens with one attached hydrogen (secondary N) is 1. The van der Waals surface area contributed by atoms with Crippen molar-refractivity contribution < 1.29 is 22.7 Å². The summed E-state index contributed by atoms with van der Waals surface area (Å²) in [5.41, 5.74) is 1.57. The third-order valence-electron chi connectivity index (χ3n) is 3.96. The first kappa shape index (κ1) is 20.7. The average molecular weight is 432 g/mol. The van der Waals surface area contributed by atoms with Crippen LogP contribution in [0.25, 0.3) is 11.1 Å². The lowest BCUT2D eigenvalue weighted by atomic mass is 10.0. The molecule has 0 spiro atoms. The molecule has 0 atom stereocenters. The predicted molar refractivity (Wildman–Crippen MR) is 112 cm³/mol. The maximum atomic E-state index is 12.3. The molecule has 8 heteroatoms. The molecule has 3 aromatic carbocycles. The number of benzene rings is 3. The Morgan fingerprint density at radius 3 is 2.14 bits per heavy atom. The number of amides is 1. The minimum absolute atomic E-state index is 0.185. The molecule has 3 rings (SSSR count). The zero-order valence-corrected chi connectivity index (χ0v) is 17.3. The number of ether oxygens (including phenoxy) is 2. The van der Waals surface area contributed by atoms with E-state index >= 15 is 0 Å². The van der Waals surface area contributed by atoms with E-state index in [1.54, 1.807) is 55.6 Å². The average Bonchev–Trinajstić information content (AvgIpc) is 2.69. The number of hydrogen-bond donors (Lipinski definition) is 1. The molecule has 0 aliphatic rings. The van der Waals surface area contributed by atoms with Crippen LogP contribution in [-0.2, 0) is 10.0 Å². The van der Waals surface area contributed by atoms with Crippen LogP contribution in [0.5, 0.6) is 17.2 Å². The highest BCUT2D eigenvalue weighted by molar-refractivity contribution is 7.89. The van der Waals surface area contributed by atoms with E-state index in [1.165, 1.54) is 6.07 Å². The van der Waals surface area contributed by atoms with Crippen LogP contribution in [0.1, 0.15) is 10.4 Å². The fourth-order valence-electron chi connectivity index (χ4n) is 2.61. The zero-order chi connectivity index (χ0) is 21.0. The van der Waals surface area contributed by atoms with Gasteiger partial charge in [-0.2, -0.15) is 0 Å². The van der Waals surface area contributed by atoms with Gasteiger partial charge in [0.2, 0.25) is 10.0 Å². The highest BCUT2D eigenvalue weighted by Crippen LogP contribution is 2.35. The summed E-state index contributed by atoms with van der Waals surface area (Å²) < 4.78 is 35.9. The van der Waals surface area contributed by atoms with Crippen molar-refractivity contribution in [2.75, 3.05) is 13.4 Å². The standard InChI is InChI=1S/C21H18ClNO5S/c1-27-17-8-3-14(4-9-17)19-13-15(21(24)23-29(2,25)26)5-12-20(19)28-18-10-6-16(22)7-11-18/h3-13H,1-2H3,(H,23,24). The minimum atomic E-state index is -3.68. The second kappa shape index (κ2) is 8.55. The highest BCUT2D eigenvalue weighted by Gasteiger charge is 2.16. The van der Waals surface area contributed by atoms with Gasteiger partial charge >= 0.3 is 0 Å². The Hall–Kier alpha value is -3.03. The van der Waals surface area contributed by atoms with Crippen molar-refractivity contribution in [1.82, 2.24) is 4.72 Å². The third kappa shape index (κ3) is 5.49. The molecule has 0 aromatic heterocycles. The maximum absolute atomic E-state index is 12.3. The first-order valence-electron chi connectivity index (χ1n) is 8.49. The Labute approximate surface area is 174 Å². The van der Waals surface area contributed by atoms with Gasteiger partial charge in [0.25, 0.3) is 5.91 Å². The lowest BCUT2D eigenvalue weighted by molar-refractivity contribution is 0.0981. The van der Waals surface area contributed by atoms with Crippen LogP contribution in [0, 0.1) is 0 Å². The highest BCUT2D eigenvalue weighted by atomic mass is 35.5. The summed E-state index contributed by atoms with van der Waals surface area (Å²) in [6.45, 7) is 0. The van der Waals surface area contributed by atoms with E-state index in [2.05, 4.69) is 0 Å². The molecule has 0 aliphatic heterocycles. The van der Waals surface area contributed by atoms with E-state index in [0.717, 1.165) is 11.8 Å². The molecule has 0 fully saturated rings. The van der Waals surface area contributed by atoms with Crippen LogP contribution < -0.4 is 14.2 Å². The van der Waals surface area contributed by atoms with E-state index in [4.69, 9.17) is 21.1 Å². The van der Waals surface area contributed by atoms with Crippen molar-refractivity contribution >= 4 is 27.5 Å². The van der Waals surface area contributed by atoms with Crippen molar-refractivity contribution in [2.24, 2.45) is 0 Å². The van der Waals surface area contributed by atoms with Crippen LogP contribution in [0.15, 0.2) is 66.7 Å². The Morgan fingerprint density at radius 1 is 0.931 bits per heavy atom. The van der Waals surface area contributed by atoms with Gasteiger partial charge in [-0.15, -0.1) is 0 Å². The van der Waals surface area contributed by atoms with Gasteiger partial charge in [0.15, 0.2) is 0 Å². The number of halogens is 1. The van der Waals surface area contributed by atoms with Crippen molar-refractivity contribution in [3.05, 3.63) is 77.3 Å². The molecule has 0 bridgehead atoms. The molecule has 29 heavy (non-hydrogen) atoms. The van der Waals surface area contributed by atoms with E-state index in [9.17, 15) is 13.2 Å². The molecule has 0 unspecified atom stereocenters. The third-order valence-corrected chi connectivity index (χ3v) is 4.77. The number of carbonyl (C=O) groups is 1. The summed E-state index contributed by atoms with van der Waals surface area (Å²) in [6, 6.07) is 18.8. The quantitative estimate of drug-likeness (QED) is 0.621. The molecule has 0 aliphatic carbocycles. The van der Waals surface area contributed by atoms with Crippen LogP contribution in [0.3, 0.4) is 0 Å². The fourth-order valence-corrected chi connectivity index (χ4v) is 3.19. The van der Waals surface area contributed by atoms with Crippen molar-refractivity contribution in [1.29, 1.82) is 0 Å². The first-order valence-corrected chi connectivity index (χ1v) is 10.8. The number of sulfonamides is 1. The van der Waals surface area contributed by atoms with Gasteiger partial charge in [0, 0.05) is 16.1 Å². The predicted octanol–water partition coefficient (Wildman–Crippen LogP) is 4.50. The Morgan fingerprint density at radius 2 is 1.55 bits per heavy atom. The second-order valence-electron chi connectivity index (χ2n) is 6.20. The summed E-state index contributed by atoms with van der Waals surface area (Å²) >= 11 is 5.92. The summed E-state index contributed by atoms with van der Waals surface area (Å²) in [5.74, 6) is 1.02. The van der Waals surface area contributed by atoms with Crippen LogP contribution >= 0.6 is 11.6 Å². The summed E-state index contributed by atoms with van der Waals surface area (Å²) in [6.07, 6.45) is 0.924. The molecule has 0 saturated heterocycles. The van der Waals surface area contributed by atoms with Crippen LogP contribution in [-0.4, -0.2) is 27.7 Å². The lowest BCUT2D eigenvalue weighted by Crippen LogP contribution is -2.29. The first-order chi connectivity index (χ1) is 13.7. The lowest BCUT2D eigenvalue weighted by Gasteiger charge is -2.14. The molecule has 150 valence electrons. The summed E-state index contributed by atoms with van der Waals surface area (Å²) in [7, 11) is -2.11. The van der Waals surface area contributed by atoms with Gasteiger partial charge in [0.05, 0.1) is 13.4 Å². The summed E-state index contributed by atoms with van der Waals surface area (Å²) in [5, 5.41) is 0.584. The fraction of sp³-hybridized carbons (Fsp3) is 0.0952. The van der Waals surface area contributed by atoms with Gasteiger partial charge < -0.3 is 9.47 Å². The molecule has 0 saturated carbocycles. The molecule has 1 amide bonds. The Bertz CT molecular complexity index is 1130. The zero-order valence-electron chi connectivity index (χ0n) is 15.7. The van der Waals surface area contributed by atoms with Crippen molar-refractivity contribution in [3.63, 3.8) is 0 Å². The summed E-state index contributed by atoms with van der Waals surface area (Å²) in [4.78, 5) is 12.3. The topological polar surface area (TPSA) is 81.7 Å². The smallest absolute Gasteiger partial charge is 0.264 e. The number of hydrogen-bond acceptors (Lipinski definition) is 5. The van der Waals surface area contributed by atoms with Gasteiger partial charge in [-0.05, 0) is 60.2 Å².